The molecule has 2 rings (SSSR count). The van der Waals surface area contributed by atoms with Crippen LogP contribution in [-0.4, -0.2) is 22.5 Å². The van der Waals surface area contributed by atoms with E-state index >= 15 is 0 Å². The number of carbonyl (C=O) groups excluding carboxylic acids is 1. The molecule has 1 heterocycles. The van der Waals surface area contributed by atoms with Crippen LogP contribution < -0.4 is 0 Å². The Balaban J connectivity index is 2.61. The number of nitriles is 2. The third kappa shape index (κ3) is 2.45. The molecule has 0 N–H and O–H groups in total. The lowest BCUT2D eigenvalue weighted by atomic mass is 9.71. The van der Waals surface area contributed by atoms with E-state index in [1.807, 2.05) is 19.1 Å². The van der Waals surface area contributed by atoms with Crippen molar-refractivity contribution in [1.82, 2.24) is 9.97 Å². The maximum atomic E-state index is 12.6. The molecule has 108 valence electrons. The molecule has 0 saturated heterocycles. The summed E-state index contributed by atoms with van der Waals surface area (Å²) in [6, 6.07) is 3.85. The van der Waals surface area contributed by atoms with E-state index in [0.717, 1.165) is 18.4 Å². The zero-order valence-electron chi connectivity index (χ0n) is 12.0. The second-order valence-corrected chi connectivity index (χ2v) is 5.14. The van der Waals surface area contributed by atoms with E-state index in [9.17, 15) is 15.3 Å². The Kier molecular flexibility index (Phi) is 4.18. The van der Waals surface area contributed by atoms with Gasteiger partial charge in [-0.3, -0.25) is 4.79 Å². The van der Waals surface area contributed by atoms with Crippen LogP contribution in [0.25, 0.3) is 0 Å². The summed E-state index contributed by atoms with van der Waals surface area (Å²) in [5, 5.41) is 18.7. The molecule has 1 fully saturated rings. The summed E-state index contributed by atoms with van der Waals surface area (Å²) in [4.78, 5) is 21.0. The zero-order valence-corrected chi connectivity index (χ0v) is 12.0. The van der Waals surface area contributed by atoms with Crippen LogP contribution in [0.3, 0.4) is 0 Å². The Morgan fingerprint density at radius 2 is 2.00 bits per heavy atom. The van der Waals surface area contributed by atoms with E-state index in [1.165, 1.54) is 0 Å². The van der Waals surface area contributed by atoms with Gasteiger partial charge in [-0.15, -0.1) is 0 Å². The number of nitrogens with zero attached hydrogens (tertiary/aromatic N) is 4. The van der Waals surface area contributed by atoms with Gasteiger partial charge in [0, 0.05) is 12.4 Å². The van der Waals surface area contributed by atoms with Crippen molar-refractivity contribution in [2.24, 2.45) is 11.8 Å². The molecule has 0 aromatic carbocycles. The van der Waals surface area contributed by atoms with Crippen molar-refractivity contribution in [2.75, 3.05) is 6.61 Å². The Morgan fingerprint density at radius 3 is 2.43 bits per heavy atom. The molecule has 0 spiro atoms. The van der Waals surface area contributed by atoms with Crippen LogP contribution in [0.4, 0.5) is 0 Å². The van der Waals surface area contributed by atoms with Gasteiger partial charge in [0.1, 0.15) is 5.82 Å². The molecule has 1 aromatic heterocycles. The van der Waals surface area contributed by atoms with Gasteiger partial charge in [-0.2, -0.15) is 10.5 Å². The molecular formula is C15H16N4O2. The standard InChI is InChI=1S/C15H16N4O2/c1-3-21-14(20)15(11-4-5-11,12(6-16)7-17)13-18-8-10(2)9-19-13/h8-9,11-12H,3-5H2,1-2H3. The van der Waals surface area contributed by atoms with Gasteiger partial charge in [0.25, 0.3) is 0 Å². The summed E-state index contributed by atoms with van der Waals surface area (Å²) in [6.07, 6.45) is 4.70. The smallest absolute Gasteiger partial charge is 0.322 e. The molecule has 0 bridgehead atoms. The molecule has 6 nitrogen and oxygen atoms in total. The van der Waals surface area contributed by atoms with E-state index in [0.29, 0.717) is 0 Å². The van der Waals surface area contributed by atoms with Crippen LogP contribution in [0.1, 0.15) is 31.2 Å². The first kappa shape index (κ1) is 14.9. The minimum Gasteiger partial charge on any atom is -0.465 e. The largest absolute Gasteiger partial charge is 0.465 e. The van der Waals surface area contributed by atoms with Crippen molar-refractivity contribution in [2.45, 2.75) is 32.1 Å². The van der Waals surface area contributed by atoms with Crippen LogP contribution >= 0.6 is 0 Å². The fourth-order valence-electron chi connectivity index (χ4n) is 2.55. The molecule has 1 aliphatic rings. The third-order valence-corrected chi connectivity index (χ3v) is 3.70. The fourth-order valence-corrected chi connectivity index (χ4v) is 2.55. The van der Waals surface area contributed by atoms with E-state index in [-0.39, 0.29) is 18.3 Å². The molecule has 0 aliphatic heterocycles. The fraction of sp³-hybridized carbons (Fsp3) is 0.533. The average molecular weight is 284 g/mol. The van der Waals surface area contributed by atoms with Gasteiger partial charge >= 0.3 is 5.97 Å². The normalized spacial score (nSPS) is 16.6. The SMILES string of the molecule is CCOC(=O)C(c1ncc(C)cn1)(C(C#N)C#N)C1CC1. The van der Waals surface area contributed by atoms with Crippen molar-refractivity contribution in [1.29, 1.82) is 10.5 Å². The maximum absolute atomic E-state index is 12.6. The quantitative estimate of drug-likeness (QED) is 0.762. The Morgan fingerprint density at radius 1 is 1.43 bits per heavy atom. The van der Waals surface area contributed by atoms with Gasteiger partial charge in [-0.1, -0.05) is 0 Å². The lowest BCUT2D eigenvalue weighted by molar-refractivity contribution is -0.152. The second-order valence-electron chi connectivity index (χ2n) is 5.14. The highest BCUT2D eigenvalue weighted by atomic mass is 16.5. The number of aromatic nitrogens is 2. The van der Waals surface area contributed by atoms with Crippen LogP contribution in [0, 0.1) is 41.4 Å². The van der Waals surface area contributed by atoms with Crippen LogP contribution in [0.15, 0.2) is 12.4 Å². The predicted octanol–water partition coefficient (Wildman–Crippen LogP) is 1.66. The van der Waals surface area contributed by atoms with Crippen LogP contribution in [0.5, 0.6) is 0 Å². The Hall–Kier alpha value is -2.47. The van der Waals surface area contributed by atoms with E-state index in [4.69, 9.17) is 4.74 Å². The monoisotopic (exact) mass is 284 g/mol. The van der Waals surface area contributed by atoms with Crippen LogP contribution in [0.2, 0.25) is 0 Å². The molecule has 1 aliphatic carbocycles. The number of esters is 1. The van der Waals surface area contributed by atoms with Crippen molar-refractivity contribution < 1.29 is 9.53 Å². The number of ether oxygens (including phenoxy) is 1. The van der Waals surface area contributed by atoms with E-state index in [1.54, 1.807) is 19.3 Å². The molecule has 1 unspecified atom stereocenters. The molecular weight excluding hydrogens is 268 g/mol. The number of aryl methyl sites for hydroxylation is 1. The van der Waals surface area contributed by atoms with Gasteiger partial charge < -0.3 is 4.74 Å². The Bertz CT molecular complexity index is 596. The van der Waals surface area contributed by atoms with Crippen molar-refractivity contribution in [3.8, 4) is 12.1 Å². The summed E-state index contributed by atoms with van der Waals surface area (Å²) in [6.45, 7) is 3.71. The molecule has 6 heteroatoms. The molecule has 21 heavy (non-hydrogen) atoms. The number of hydrogen-bond acceptors (Lipinski definition) is 6. The molecule has 1 atom stereocenters. The topological polar surface area (TPSA) is 99.7 Å². The number of rotatable bonds is 5. The van der Waals surface area contributed by atoms with Gasteiger partial charge in [-0.05, 0) is 38.2 Å². The predicted molar refractivity (Wildman–Crippen MR) is 72.5 cm³/mol. The first-order valence-corrected chi connectivity index (χ1v) is 6.86. The highest BCUT2D eigenvalue weighted by Gasteiger charge is 2.61. The summed E-state index contributed by atoms with van der Waals surface area (Å²) < 4.78 is 5.16. The van der Waals surface area contributed by atoms with Gasteiger partial charge in [0.15, 0.2) is 11.3 Å². The zero-order chi connectivity index (χ0) is 15.5. The molecule has 1 saturated carbocycles. The van der Waals surface area contributed by atoms with Gasteiger partial charge in [0.2, 0.25) is 0 Å². The van der Waals surface area contributed by atoms with Gasteiger partial charge in [-0.25, -0.2) is 9.97 Å². The Labute approximate surface area is 123 Å². The first-order valence-electron chi connectivity index (χ1n) is 6.86. The molecule has 0 amide bonds. The van der Waals surface area contributed by atoms with E-state index in [2.05, 4.69) is 9.97 Å². The highest BCUT2D eigenvalue weighted by molar-refractivity contribution is 5.84. The van der Waals surface area contributed by atoms with E-state index < -0.39 is 17.3 Å². The molecule has 0 radical (unpaired) electrons. The number of hydrogen-bond donors (Lipinski definition) is 0. The van der Waals surface area contributed by atoms with Crippen molar-refractivity contribution >= 4 is 5.97 Å². The first-order chi connectivity index (χ1) is 10.1. The molecule has 1 aromatic rings. The summed E-state index contributed by atoms with van der Waals surface area (Å²) in [5.74, 6) is -1.65. The van der Waals surface area contributed by atoms with Crippen molar-refractivity contribution in [3.63, 3.8) is 0 Å². The average Bonchev–Trinajstić information content (AvgIpc) is 3.31. The minimum absolute atomic E-state index is 0.122. The lowest BCUT2D eigenvalue weighted by Gasteiger charge is -2.30. The van der Waals surface area contributed by atoms with Crippen LogP contribution in [-0.2, 0) is 14.9 Å². The number of carbonyl (C=O) groups is 1. The van der Waals surface area contributed by atoms with Gasteiger partial charge in [0.05, 0.1) is 18.7 Å². The lowest BCUT2D eigenvalue weighted by Crippen LogP contribution is -2.47. The summed E-state index contributed by atoms with van der Waals surface area (Å²) >= 11 is 0. The second kappa shape index (κ2) is 5.88. The maximum Gasteiger partial charge on any atom is 0.322 e. The minimum atomic E-state index is -1.38. The summed E-state index contributed by atoms with van der Waals surface area (Å²) in [7, 11) is 0. The third-order valence-electron chi connectivity index (χ3n) is 3.70. The highest BCUT2D eigenvalue weighted by Crippen LogP contribution is 2.51. The summed E-state index contributed by atoms with van der Waals surface area (Å²) in [5.41, 5.74) is -0.537. The van der Waals surface area contributed by atoms with Crippen molar-refractivity contribution in [3.05, 3.63) is 23.8 Å².